The van der Waals surface area contributed by atoms with E-state index in [0.29, 0.717) is 48.4 Å². The molecule has 0 aromatic heterocycles. The molecule has 0 saturated carbocycles. The molecule has 1 aliphatic rings. The first-order valence-electron chi connectivity index (χ1n) is 9.30. The van der Waals surface area contributed by atoms with Gasteiger partial charge in [0.15, 0.2) is 11.5 Å². The molecule has 0 spiro atoms. The first-order chi connectivity index (χ1) is 13.9. The Bertz CT molecular complexity index is 963. The van der Waals surface area contributed by atoms with E-state index in [9.17, 15) is 13.2 Å². The summed E-state index contributed by atoms with van der Waals surface area (Å²) in [7, 11) is -3.66. The van der Waals surface area contributed by atoms with Gasteiger partial charge in [0.25, 0.3) is 0 Å². The summed E-state index contributed by atoms with van der Waals surface area (Å²) < 4.78 is 37.3. The molecular formula is C20H23ClN2O5S. The molecule has 0 saturated heterocycles. The maximum atomic E-state index is 12.6. The molecule has 0 unspecified atom stereocenters. The molecule has 29 heavy (non-hydrogen) atoms. The van der Waals surface area contributed by atoms with E-state index in [1.807, 2.05) is 12.1 Å². The molecular weight excluding hydrogens is 416 g/mol. The van der Waals surface area contributed by atoms with E-state index in [1.54, 1.807) is 37.3 Å². The van der Waals surface area contributed by atoms with E-state index in [1.165, 1.54) is 0 Å². The van der Waals surface area contributed by atoms with Gasteiger partial charge in [-0.2, -0.15) is 0 Å². The minimum Gasteiger partial charge on any atom is -0.486 e. The molecule has 2 aromatic rings. The number of carbonyl (C=O) groups is 1. The summed E-state index contributed by atoms with van der Waals surface area (Å²) in [6.45, 7) is 2.46. The van der Waals surface area contributed by atoms with Gasteiger partial charge in [0, 0.05) is 17.6 Å². The normalized spacial score (nSPS) is 13.0. The minimum absolute atomic E-state index is 0.125. The fraction of sp³-hybridized carbons (Fsp3) is 0.350. The fourth-order valence-electron chi connectivity index (χ4n) is 2.88. The number of nitrogens with one attached hydrogen (secondary N) is 1. The highest BCUT2D eigenvalue weighted by atomic mass is 35.5. The van der Waals surface area contributed by atoms with Gasteiger partial charge in [0.1, 0.15) is 19.8 Å². The van der Waals surface area contributed by atoms with E-state index in [2.05, 4.69) is 5.32 Å². The molecule has 0 aliphatic carbocycles. The van der Waals surface area contributed by atoms with Gasteiger partial charge in [-0.05, 0) is 43.2 Å². The minimum atomic E-state index is -3.66. The molecule has 3 rings (SSSR count). The molecule has 1 aliphatic heterocycles. The lowest BCUT2D eigenvalue weighted by Crippen LogP contribution is -2.42. The van der Waals surface area contributed by atoms with Gasteiger partial charge in [-0.25, -0.2) is 8.42 Å². The number of rotatable bonds is 8. The number of amides is 1. The van der Waals surface area contributed by atoms with Gasteiger partial charge in [-0.1, -0.05) is 23.7 Å². The molecule has 0 bridgehead atoms. The molecule has 2 aromatic carbocycles. The van der Waals surface area contributed by atoms with Crippen LogP contribution in [-0.2, 0) is 21.2 Å². The van der Waals surface area contributed by atoms with Gasteiger partial charge in [-0.3, -0.25) is 9.10 Å². The quantitative estimate of drug-likeness (QED) is 0.684. The summed E-state index contributed by atoms with van der Waals surface area (Å²) in [5.74, 6) is 0.514. The number of halogens is 1. The van der Waals surface area contributed by atoms with Gasteiger partial charge in [-0.15, -0.1) is 0 Å². The molecule has 0 fully saturated rings. The summed E-state index contributed by atoms with van der Waals surface area (Å²) in [6, 6.07) is 12.2. The van der Waals surface area contributed by atoms with Crippen LogP contribution in [0.5, 0.6) is 11.5 Å². The van der Waals surface area contributed by atoms with E-state index in [0.717, 1.165) is 9.87 Å². The maximum absolute atomic E-state index is 12.6. The summed E-state index contributed by atoms with van der Waals surface area (Å²) in [6.07, 6.45) is 0.619. The van der Waals surface area contributed by atoms with Crippen LogP contribution in [0.25, 0.3) is 0 Å². The summed E-state index contributed by atoms with van der Waals surface area (Å²) in [5.41, 5.74) is 1.39. The maximum Gasteiger partial charge on any atom is 0.240 e. The average molecular weight is 439 g/mol. The van der Waals surface area contributed by atoms with Crippen LogP contribution < -0.4 is 19.1 Å². The van der Waals surface area contributed by atoms with Crippen LogP contribution in [0.1, 0.15) is 12.5 Å². The second-order valence-electron chi connectivity index (χ2n) is 6.46. The average Bonchev–Trinajstić information content (AvgIpc) is 2.73. The predicted octanol–water partition coefficient (Wildman–Crippen LogP) is 2.63. The highest BCUT2D eigenvalue weighted by molar-refractivity contribution is 7.92. The van der Waals surface area contributed by atoms with Crippen LogP contribution in [0.3, 0.4) is 0 Å². The third-order valence-electron chi connectivity index (χ3n) is 4.45. The lowest BCUT2D eigenvalue weighted by Gasteiger charge is -2.25. The number of sulfonamides is 1. The monoisotopic (exact) mass is 438 g/mol. The Morgan fingerprint density at radius 3 is 2.48 bits per heavy atom. The zero-order valence-corrected chi connectivity index (χ0v) is 17.6. The van der Waals surface area contributed by atoms with Crippen LogP contribution in [0.2, 0.25) is 5.02 Å². The Labute approximate surface area is 175 Å². The number of benzene rings is 2. The van der Waals surface area contributed by atoms with Crippen LogP contribution >= 0.6 is 11.6 Å². The molecule has 156 valence electrons. The van der Waals surface area contributed by atoms with E-state index in [4.69, 9.17) is 21.1 Å². The van der Waals surface area contributed by atoms with Crippen molar-refractivity contribution in [1.82, 2.24) is 5.32 Å². The zero-order chi connectivity index (χ0) is 20.9. The number of anilines is 1. The van der Waals surface area contributed by atoms with Crippen molar-refractivity contribution in [3.05, 3.63) is 53.1 Å². The highest BCUT2D eigenvalue weighted by Crippen LogP contribution is 2.34. The zero-order valence-electron chi connectivity index (χ0n) is 16.1. The molecule has 1 amide bonds. The molecule has 7 nitrogen and oxygen atoms in total. The molecule has 1 heterocycles. The van der Waals surface area contributed by atoms with Crippen molar-refractivity contribution in [3.8, 4) is 11.5 Å². The number of nitrogens with zero attached hydrogens (tertiary/aromatic N) is 1. The van der Waals surface area contributed by atoms with Crippen LogP contribution in [0.15, 0.2) is 42.5 Å². The lowest BCUT2D eigenvalue weighted by atomic mass is 10.1. The molecule has 9 heteroatoms. The Morgan fingerprint density at radius 1 is 1.10 bits per heavy atom. The third-order valence-corrected chi connectivity index (χ3v) is 6.44. The standard InChI is InChI=1S/C20H23ClN2O5S/c1-2-29(25,26)23(17-7-8-18-19(13-17)28-12-11-27-18)14-20(24)22-10-9-15-3-5-16(21)6-4-15/h3-8,13H,2,9-12,14H2,1H3,(H,22,24). The Balaban J connectivity index is 1.67. The smallest absolute Gasteiger partial charge is 0.240 e. The van der Waals surface area contributed by atoms with Gasteiger partial charge < -0.3 is 14.8 Å². The third kappa shape index (κ3) is 5.55. The van der Waals surface area contributed by atoms with Gasteiger partial charge >= 0.3 is 0 Å². The number of carbonyl (C=O) groups excluding carboxylic acids is 1. The number of hydrogen-bond donors (Lipinski definition) is 1. The number of hydrogen-bond acceptors (Lipinski definition) is 5. The van der Waals surface area contributed by atoms with Crippen molar-refractivity contribution in [2.45, 2.75) is 13.3 Å². The summed E-state index contributed by atoms with van der Waals surface area (Å²) in [4.78, 5) is 12.4. The Morgan fingerprint density at radius 2 is 1.79 bits per heavy atom. The predicted molar refractivity (Wildman–Crippen MR) is 112 cm³/mol. The first-order valence-corrected chi connectivity index (χ1v) is 11.3. The van der Waals surface area contributed by atoms with Crippen LogP contribution in [0.4, 0.5) is 5.69 Å². The highest BCUT2D eigenvalue weighted by Gasteiger charge is 2.25. The number of ether oxygens (including phenoxy) is 2. The van der Waals surface area contributed by atoms with Gasteiger partial charge in [0.2, 0.25) is 15.9 Å². The van der Waals surface area contributed by atoms with Gasteiger partial charge in [0.05, 0.1) is 11.4 Å². The van der Waals surface area contributed by atoms with Crippen LogP contribution in [-0.4, -0.2) is 46.4 Å². The van der Waals surface area contributed by atoms with E-state index in [-0.39, 0.29) is 18.2 Å². The van der Waals surface area contributed by atoms with E-state index >= 15 is 0 Å². The molecule has 0 atom stereocenters. The number of fused-ring (bicyclic) bond motifs is 1. The lowest BCUT2D eigenvalue weighted by molar-refractivity contribution is -0.119. The SMILES string of the molecule is CCS(=O)(=O)N(CC(=O)NCCc1ccc(Cl)cc1)c1ccc2c(c1)OCCO2. The molecule has 0 radical (unpaired) electrons. The summed E-state index contributed by atoms with van der Waals surface area (Å²) >= 11 is 5.86. The largest absolute Gasteiger partial charge is 0.486 e. The second-order valence-corrected chi connectivity index (χ2v) is 9.08. The van der Waals surface area contributed by atoms with Crippen molar-refractivity contribution in [2.24, 2.45) is 0 Å². The summed E-state index contributed by atoms with van der Waals surface area (Å²) in [5, 5.41) is 3.42. The Kier molecular flexibility index (Phi) is 6.87. The van der Waals surface area contributed by atoms with Crippen molar-refractivity contribution in [3.63, 3.8) is 0 Å². The van der Waals surface area contributed by atoms with E-state index < -0.39 is 10.0 Å². The fourth-order valence-corrected chi connectivity index (χ4v) is 4.06. The molecule has 1 N–H and O–H groups in total. The van der Waals surface area contributed by atoms with Crippen molar-refractivity contribution >= 4 is 33.2 Å². The second kappa shape index (κ2) is 9.37. The van der Waals surface area contributed by atoms with Crippen molar-refractivity contribution in [2.75, 3.05) is 36.4 Å². The Hall–Kier alpha value is -2.45. The first kappa shape index (κ1) is 21.3. The van der Waals surface area contributed by atoms with Crippen molar-refractivity contribution in [1.29, 1.82) is 0 Å². The van der Waals surface area contributed by atoms with Crippen molar-refractivity contribution < 1.29 is 22.7 Å². The van der Waals surface area contributed by atoms with Crippen LogP contribution in [0, 0.1) is 0 Å². The topological polar surface area (TPSA) is 84.9 Å².